The molecule has 1 atom stereocenters. The Morgan fingerprint density at radius 2 is 1.62 bits per heavy atom. The van der Waals surface area contributed by atoms with Gasteiger partial charge in [0.1, 0.15) is 0 Å². The molecular weight excluding hydrogens is 402 g/mol. The number of imide groups is 1. The van der Waals surface area contributed by atoms with Crippen LogP contribution in [-0.2, 0) is 22.7 Å². The number of carbonyl (C=O) groups is 3. The standard InChI is InChI=1S/C26H29N3O3/c30-24-9-4-10-25(31)29(24)28-18-22-16-21(11-12-23(22)26(28)32)20-8-5-14-27(15-13-20)17-19-6-2-1-3-7-19/h1-3,6-7,11-12,16,20H,4-5,8-10,13-15,17-18H2. The zero-order chi connectivity index (χ0) is 22.1. The molecule has 0 spiro atoms. The highest BCUT2D eigenvalue weighted by Crippen LogP contribution is 2.33. The van der Waals surface area contributed by atoms with Crippen molar-refractivity contribution >= 4 is 17.7 Å². The van der Waals surface area contributed by atoms with Crippen LogP contribution in [0.4, 0.5) is 0 Å². The molecule has 6 heteroatoms. The van der Waals surface area contributed by atoms with E-state index in [0.29, 0.717) is 37.3 Å². The van der Waals surface area contributed by atoms with Crippen molar-refractivity contribution in [3.05, 3.63) is 70.8 Å². The SMILES string of the molecule is O=C1c2ccc(C3CCCN(Cc4ccccc4)CC3)cc2CN1N1C(=O)CCCC1=O. The quantitative estimate of drug-likeness (QED) is 0.690. The molecule has 0 N–H and O–H groups in total. The Morgan fingerprint density at radius 3 is 2.41 bits per heavy atom. The molecule has 0 saturated carbocycles. The number of carbonyl (C=O) groups excluding carboxylic acids is 3. The van der Waals surface area contributed by atoms with Gasteiger partial charge < -0.3 is 0 Å². The van der Waals surface area contributed by atoms with Gasteiger partial charge in [0.25, 0.3) is 5.91 Å². The van der Waals surface area contributed by atoms with E-state index in [-0.39, 0.29) is 17.7 Å². The van der Waals surface area contributed by atoms with Gasteiger partial charge in [-0.2, -0.15) is 5.01 Å². The first-order chi connectivity index (χ1) is 15.6. The lowest BCUT2D eigenvalue weighted by Crippen LogP contribution is -2.51. The Morgan fingerprint density at radius 1 is 0.844 bits per heavy atom. The summed E-state index contributed by atoms with van der Waals surface area (Å²) in [6, 6.07) is 16.7. The van der Waals surface area contributed by atoms with Gasteiger partial charge in [0, 0.05) is 24.9 Å². The molecule has 2 fully saturated rings. The molecule has 2 aromatic rings. The maximum absolute atomic E-state index is 12.9. The monoisotopic (exact) mass is 431 g/mol. The van der Waals surface area contributed by atoms with Crippen LogP contribution in [0.3, 0.4) is 0 Å². The van der Waals surface area contributed by atoms with Crippen molar-refractivity contribution < 1.29 is 14.4 Å². The van der Waals surface area contributed by atoms with Gasteiger partial charge in [-0.1, -0.05) is 42.5 Å². The number of benzene rings is 2. The smallest absolute Gasteiger partial charge is 0.273 e. The second kappa shape index (κ2) is 8.87. The van der Waals surface area contributed by atoms with Crippen LogP contribution < -0.4 is 0 Å². The molecule has 0 aromatic heterocycles. The van der Waals surface area contributed by atoms with Gasteiger partial charge >= 0.3 is 0 Å². The second-order valence-corrected chi connectivity index (χ2v) is 9.12. The zero-order valence-electron chi connectivity index (χ0n) is 18.3. The molecule has 1 unspecified atom stereocenters. The molecule has 3 heterocycles. The van der Waals surface area contributed by atoms with Gasteiger partial charge in [-0.15, -0.1) is 0 Å². The maximum atomic E-state index is 12.9. The van der Waals surface area contributed by atoms with E-state index in [1.54, 1.807) is 0 Å². The summed E-state index contributed by atoms with van der Waals surface area (Å²) < 4.78 is 0. The number of hydrogen-bond acceptors (Lipinski definition) is 4. The summed E-state index contributed by atoms with van der Waals surface area (Å²) in [5, 5.41) is 2.42. The predicted molar refractivity (Wildman–Crippen MR) is 120 cm³/mol. The van der Waals surface area contributed by atoms with Gasteiger partial charge in [0.15, 0.2) is 0 Å². The van der Waals surface area contributed by atoms with Crippen molar-refractivity contribution in [2.45, 2.75) is 57.5 Å². The summed E-state index contributed by atoms with van der Waals surface area (Å²) >= 11 is 0. The number of nitrogens with zero attached hydrogens (tertiary/aromatic N) is 3. The van der Waals surface area contributed by atoms with Gasteiger partial charge in [-0.25, -0.2) is 5.01 Å². The third kappa shape index (κ3) is 4.07. The van der Waals surface area contributed by atoms with Gasteiger partial charge in [0.05, 0.1) is 6.54 Å². The van der Waals surface area contributed by atoms with Crippen molar-refractivity contribution in [2.24, 2.45) is 0 Å². The fourth-order valence-corrected chi connectivity index (χ4v) is 5.24. The maximum Gasteiger partial charge on any atom is 0.273 e. The molecule has 2 aromatic carbocycles. The number of piperidine rings is 1. The molecule has 6 nitrogen and oxygen atoms in total. The lowest BCUT2D eigenvalue weighted by Gasteiger charge is -2.32. The molecular formula is C26H29N3O3. The van der Waals surface area contributed by atoms with Crippen LogP contribution in [0.25, 0.3) is 0 Å². The van der Waals surface area contributed by atoms with Crippen molar-refractivity contribution in [3.63, 3.8) is 0 Å². The van der Waals surface area contributed by atoms with E-state index in [1.165, 1.54) is 16.1 Å². The van der Waals surface area contributed by atoms with E-state index in [4.69, 9.17) is 0 Å². The molecule has 3 aliphatic heterocycles. The van der Waals surface area contributed by atoms with Gasteiger partial charge in [-0.3, -0.25) is 19.3 Å². The second-order valence-electron chi connectivity index (χ2n) is 9.12. The van der Waals surface area contributed by atoms with Crippen LogP contribution in [-0.4, -0.2) is 45.7 Å². The average molecular weight is 432 g/mol. The number of rotatable bonds is 4. The fourth-order valence-electron chi connectivity index (χ4n) is 5.24. The topological polar surface area (TPSA) is 60.9 Å². The van der Waals surface area contributed by atoms with Crippen LogP contribution in [0.15, 0.2) is 48.5 Å². The summed E-state index contributed by atoms with van der Waals surface area (Å²) in [5.74, 6) is -0.330. The Kier molecular flexibility index (Phi) is 5.79. The van der Waals surface area contributed by atoms with Crippen LogP contribution in [0, 0.1) is 0 Å². The number of hydrazine groups is 1. The van der Waals surface area contributed by atoms with Crippen LogP contribution >= 0.6 is 0 Å². The van der Waals surface area contributed by atoms with Crippen molar-refractivity contribution in [1.29, 1.82) is 0 Å². The molecule has 5 rings (SSSR count). The van der Waals surface area contributed by atoms with E-state index >= 15 is 0 Å². The molecule has 3 aliphatic rings. The molecule has 32 heavy (non-hydrogen) atoms. The first-order valence-electron chi connectivity index (χ1n) is 11.7. The lowest BCUT2D eigenvalue weighted by molar-refractivity contribution is -0.163. The number of fused-ring (bicyclic) bond motifs is 1. The molecule has 0 bridgehead atoms. The Labute approximate surface area is 188 Å². The predicted octanol–water partition coefficient (Wildman–Crippen LogP) is 3.87. The van der Waals surface area contributed by atoms with Crippen LogP contribution in [0.5, 0.6) is 0 Å². The van der Waals surface area contributed by atoms with E-state index in [1.807, 2.05) is 6.07 Å². The van der Waals surface area contributed by atoms with Gasteiger partial charge in [-0.05, 0) is 67.4 Å². The van der Waals surface area contributed by atoms with Crippen molar-refractivity contribution in [1.82, 2.24) is 14.9 Å². The summed E-state index contributed by atoms with van der Waals surface area (Å²) in [6.45, 7) is 3.44. The number of amides is 3. The molecule has 3 amide bonds. The minimum atomic E-state index is -0.273. The lowest BCUT2D eigenvalue weighted by atomic mass is 9.90. The number of hydrogen-bond donors (Lipinski definition) is 0. The highest BCUT2D eigenvalue weighted by atomic mass is 16.2. The highest BCUT2D eigenvalue weighted by molar-refractivity contribution is 6.04. The first kappa shape index (κ1) is 20.9. The minimum absolute atomic E-state index is 0.245. The van der Waals surface area contributed by atoms with Crippen LogP contribution in [0.2, 0.25) is 0 Å². The normalized spacial score (nSPS) is 22.2. The molecule has 0 radical (unpaired) electrons. The molecule has 2 saturated heterocycles. The summed E-state index contributed by atoms with van der Waals surface area (Å²) in [6.07, 6.45) is 4.57. The average Bonchev–Trinajstić information content (AvgIpc) is 2.95. The van der Waals surface area contributed by atoms with Crippen LogP contribution in [0.1, 0.15) is 71.5 Å². The number of likely N-dealkylation sites (tertiary alicyclic amines) is 1. The van der Waals surface area contributed by atoms with Crippen molar-refractivity contribution in [2.75, 3.05) is 13.1 Å². The summed E-state index contributed by atoms with van der Waals surface area (Å²) in [7, 11) is 0. The fraction of sp³-hybridized carbons (Fsp3) is 0.423. The van der Waals surface area contributed by atoms with E-state index < -0.39 is 0 Å². The molecule has 166 valence electrons. The Hall–Kier alpha value is -2.99. The third-order valence-electron chi connectivity index (χ3n) is 6.95. The largest absolute Gasteiger partial charge is 0.299 e. The van der Waals surface area contributed by atoms with Crippen molar-refractivity contribution in [3.8, 4) is 0 Å². The highest BCUT2D eigenvalue weighted by Gasteiger charge is 2.39. The van der Waals surface area contributed by atoms with Gasteiger partial charge in [0.2, 0.25) is 11.8 Å². The summed E-state index contributed by atoms with van der Waals surface area (Å²) in [4.78, 5) is 40.1. The Balaban J connectivity index is 1.28. The van der Waals surface area contributed by atoms with E-state index in [9.17, 15) is 14.4 Å². The zero-order valence-corrected chi connectivity index (χ0v) is 18.3. The minimum Gasteiger partial charge on any atom is -0.299 e. The van der Waals surface area contributed by atoms with E-state index in [0.717, 1.165) is 49.5 Å². The molecule has 0 aliphatic carbocycles. The summed E-state index contributed by atoms with van der Waals surface area (Å²) in [5.41, 5.74) is 4.14. The third-order valence-corrected chi connectivity index (χ3v) is 6.95. The van der Waals surface area contributed by atoms with E-state index in [2.05, 4.69) is 47.4 Å². The Bertz CT molecular complexity index is 1020. The first-order valence-corrected chi connectivity index (χ1v) is 11.7.